The van der Waals surface area contributed by atoms with Gasteiger partial charge in [0.15, 0.2) is 0 Å². The van der Waals surface area contributed by atoms with Crippen LogP contribution in [0.4, 0.5) is 0 Å². The van der Waals surface area contributed by atoms with Gasteiger partial charge in [-0.25, -0.2) is 4.79 Å². The molecule has 0 aliphatic heterocycles. The van der Waals surface area contributed by atoms with E-state index in [0.717, 1.165) is 0 Å². The highest BCUT2D eigenvalue weighted by atomic mass is 16.5. The molecule has 5 heteroatoms. The first-order chi connectivity index (χ1) is 9.60. The molecule has 0 atom stereocenters. The normalized spacial score (nSPS) is 10.1. The fourth-order valence-electron chi connectivity index (χ4n) is 1.60. The molecule has 0 aliphatic carbocycles. The van der Waals surface area contributed by atoms with Crippen molar-refractivity contribution in [2.24, 2.45) is 0 Å². The van der Waals surface area contributed by atoms with Crippen LogP contribution in [0.1, 0.15) is 21.6 Å². The lowest BCUT2D eigenvalue weighted by Crippen LogP contribution is -2.05. The Morgan fingerprint density at radius 3 is 2.60 bits per heavy atom. The number of hydrogen-bond acceptors (Lipinski definition) is 5. The minimum Gasteiger partial charge on any atom is -0.506 e. The van der Waals surface area contributed by atoms with Gasteiger partial charge < -0.3 is 14.6 Å². The summed E-state index contributed by atoms with van der Waals surface area (Å²) < 4.78 is 10.2. The highest BCUT2D eigenvalue weighted by Gasteiger charge is 2.08. The number of hydrogen-bond donors (Lipinski definition) is 1. The first-order valence-corrected chi connectivity index (χ1v) is 6.06. The number of rotatable bonds is 4. The molecule has 0 fully saturated rings. The lowest BCUT2D eigenvalue weighted by molar-refractivity contribution is 0.0472. The molecule has 2 aromatic rings. The summed E-state index contributed by atoms with van der Waals surface area (Å²) in [4.78, 5) is 15.8. The summed E-state index contributed by atoms with van der Waals surface area (Å²) in [6.45, 7) is 1.76. The van der Waals surface area contributed by atoms with Crippen molar-refractivity contribution in [1.82, 2.24) is 4.98 Å². The van der Waals surface area contributed by atoms with Crippen LogP contribution in [0.2, 0.25) is 0 Å². The number of carbonyl (C=O) groups excluding carboxylic acids is 1. The molecule has 0 radical (unpaired) electrons. The van der Waals surface area contributed by atoms with Crippen LogP contribution in [0.3, 0.4) is 0 Å². The Bertz CT molecular complexity index is 608. The number of benzene rings is 1. The second-order valence-electron chi connectivity index (χ2n) is 4.25. The third-order valence-electron chi connectivity index (χ3n) is 2.81. The van der Waals surface area contributed by atoms with E-state index >= 15 is 0 Å². The molecular weight excluding hydrogens is 258 g/mol. The monoisotopic (exact) mass is 273 g/mol. The maximum absolute atomic E-state index is 11.8. The molecule has 2 rings (SSSR count). The zero-order valence-corrected chi connectivity index (χ0v) is 11.3. The standard InChI is InChI=1S/C15H15NO4/c1-10-14(17)7-11(8-16-10)9-20-15(18)12-3-5-13(19-2)6-4-12/h3-8,17H,9H2,1-2H3. The van der Waals surface area contributed by atoms with E-state index in [4.69, 9.17) is 9.47 Å². The first kappa shape index (κ1) is 13.9. The summed E-state index contributed by atoms with van der Waals surface area (Å²) in [5, 5.41) is 9.52. The highest BCUT2D eigenvalue weighted by Crippen LogP contribution is 2.16. The number of esters is 1. The fraction of sp³-hybridized carbons (Fsp3) is 0.200. The van der Waals surface area contributed by atoms with Gasteiger partial charge in [-0.15, -0.1) is 0 Å². The van der Waals surface area contributed by atoms with Crippen LogP contribution in [0.25, 0.3) is 0 Å². The number of aromatic nitrogens is 1. The molecule has 0 unspecified atom stereocenters. The van der Waals surface area contributed by atoms with Crippen molar-refractivity contribution < 1.29 is 19.4 Å². The molecule has 1 heterocycles. The quantitative estimate of drug-likeness (QED) is 0.867. The molecule has 1 aromatic heterocycles. The zero-order chi connectivity index (χ0) is 14.5. The Hall–Kier alpha value is -2.56. The number of ether oxygens (including phenoxy) is 2. The lowest BCUT2D eigenvalue weighted by atomic mass is 10.2. The number of aryl methyl sites for hydroxylation is 1. The van der Waals surface area contributed by atoms with Crippen molar-refractivity contribution in [1.29, 1.82) is 0 Å². The molecule has 1 aromatic carbocycles. The average molecular weight is 273 g/mol. The van der Waals surface area contributed by atoms with Crippen molar-refractivity contribution >= 4 is 5.97 Å². The number of methoxy groups -OCH3 is 1. The van der Waals surface area contributed by atoms with Crippen LogP contribution in [0.5, 0.6) is 11.5 Å². The maximum atomic E-state index is 11.8. The first-order valence-electron chi connectivity index (χ1n) is 6.06. The van der Waals surface area contributed by atoms with E-state index in [0.29, 0.717) is 22.6 Å². The summed E-state index contributed by atoms with van der Waals surface area (Å²) in [6, 6.07) is 8.17. The van der Waals surface area contributed by atoms with E-state index in [9.17, 15) is 9.90 Å². The van der Waals surface area contributed by atoms with Crippen LogP contribution in [0.15, 0.2) is 36.5 Å². The number of nitrogens with zero attached hydrogens (tertiary/aromatic N) is 1. The van der Waals surface area contributed by atoms with Gasteiger partial charge in [0.2, 0.25) is 0 Å². The molecule has 0 spiro atoms. The Kier molecular flexibility index (Phi) is 4.20. The van der Waals surface area contributed by atoms with Crippen molar-refractivity contribution in [3.05, 3.63) is 53.3 Å². The third kappa shape index (κ3) is 3.26. The Morgan fingerprint density at radius 2 is 2.00 bits per heavy atom. The van der Waals surface area contributed by atoms with Crippen molar-refractivity contribution in [3.63, 3.8) is 0 Å². The molecule has 0 aliphatic rings. The lowest BCUT2D eigenvalue weighted by Gasteiger charge is -2.06. The smallest absolute Gasteiger partial charge is 0.338 e. The van der Waals surface area contributed by atoms with Crippen LogP contribution in [-0.4, -0.2) is 23.2 Å². The minimum atomic E-state index is -0.437. The summed E-state index contributed by atoms with van der Waals surface area (Å²) >= 11 is 0. The van der Waals surface area contributed by atoms with Gasteiger partial charge in [-0.3, -0.25) is 4.98 Å². The number of pyridine rings is 1. The van der Waals surface area contributed by atoms with Gasteiger partial charge in [0.25, 0.3) is 0 Å². The van der Waals surface area contributed by atoms with E-state index in [1.54, 1.807) is 44.5 Å². The SMILES string of the molecule is COc1ccc(C(=O)OCc2cnc(C)c(O)c2)cc1. The predicted molar refractivity (Wildman–Crippen MR) is 72.8 cm³/mol. The average Bonchev–Trinajstić information content (AvgIpc) is 2.48. The zero-order valence-electron chi connectivity index (χ0n) is 11.3. The molecule has 20 heavy (non-hydrogen) atoms. The van der Waals surface area contributed by atoms with Crippen LogP contribution >= 0.6 is 0 Å². The largest absolute Gasteiger partial charge is 0.506 e. The Morgan fingerprint density at radius 1 is 1.30 bits per heavy atom. The number of aromatic hydroxyl groups is 1. The van der Waals surface area contributed by atoms with Gasteiger partial charge in [-0.05, 0) is 37.3 Å². The molecule has 0 saturated carbocycles. The van der Waals surface area contributed by atoms with Gasteiger partial charge in [0, 0.05) is 11.8 Å². The summed E-state index contributed by atoms with van der Waals surface area (Å²) in [5.74, 6) is 0.324. The van der Waals surface area contributed by atoms with Gasteiger partial charge in [0.05, 0.1) is 18.4 Å². The molecular formula is C15H15NO4. The van der Waals surface area contributed by atoms with Crippen LogP contribution < -0.4 is 4.74 Å². The van der Waals surface area contributed by atoms with Crippen LogP contribution in [-0.2, 0) is 11.3 Å². The number of carbonyl (C=O) groups is 1. The molecule has 0 bridgehead atoms. The van der Waals surface area contributed by atoms with E-state index in [1.807, 2.05) is 0 Å². The van der Waals surface area contributed by atoms with E-state index < -0.39 is 5.97 Å². The van der Waals surface area contributed by atoms with Crippen molar-refractivity contribution in [2.45, 2.75) is 13.5 Å². The molecule has 0 saturated heterocycles. The minimum absolute atomic E-state index is 0.0612. The van der Waals surface area contributed by atoms with Gasteiger partial charge >= 0.3 is 5.97 Å². The summed E-state index contributed by atoms with van der Waals surface area (Å²) in [5.41, 5.74) is 1.61. The highest BCUT2D eigenvalue weighted by molar-refractivity contribution is 5.89. The predicted octanol–water partition coefficient (Wildman–Crippen LogP) is 2.46. The Labute approximate surface area is 116 Å². The second kappa shape index (κ2) is 6.06. The summed E-state index contributed by atoms with van der Waals surface area (Å²) in [6.07, 6.45) is 1.57. The van der Waals surface area contributed by atoms with Gasteiger partial charge in [0.1, 0.15) is 18.1 Å². The van der Waals surface area contributed by atoms with E-state index in [1.165, 1.54) is 6.07 Å². The molecule has 0 amide bonds. The molecule has 1 N–H and O–H groups in total. The van der Waals surface area contributed by atoms with Gasteiger partial charge in [-0.1, -0.05) is 0 Å². The van der Waals surface area contributed by atoms with E-state index in [2.05, 4.69) is 4.98 Å². The molecule has 104 valence electrons. The second-order valence-corrected chi connectivity index (χ2v) is 4.25. The molecule has 5 nitrogen and oxygen atoms in total. The maximum Gasteiger partial charge on any atom is 0.338 e. The topological polar surface area (TPSA) is 68.7 Å². The van der Waals surface area contributed by atoms with Crippen molar-refractivity contribution in [2.75, 3.05) is 7.11 Å². The Balaban J connectivity index is 1.98. The van der Waals surface area contributed by atoms with E-state index in [-0.39, 0.29) is 12.4 Å². The fourth-order valence-corrected chi connectivity index (χ4v) is 1.60. The van der Waals surface area contributed by atoms with Gasteiger partial charge in [-0.2, -0.15) is 0 Å². The third-order valence-corrected chi connectivity index (χ3v) is 2.81. The summed E-state index contributed by atoms with van der Waals surface area (Å²) in [7, 11) is 1.56. The van der Waals surface area contributed by atoms with Crippen molar-refractivity contribution in [3.8, 4) is 11.5 Å². The van der Waals surface area contributed by atoms with Crippen LogP contribution in [0, 0.1) is 6.92 Å².